The van der Waals surface area contributed by atoms with E-state index in [9.17, 15) is 4.79 Å². The molecule has 21 heavy (non-hydrogen) atoms. The van der Waals surface area contributed by atoms with Gasteiger partial charge < -0.3 is 15.0 Å². The van der Waals surface area contributed by atoms with Crippen LogP contribution < -0.4 is 15.0 Å². The molecule has 1 N–H and O–H groups in total. The second-order valence-electron chi connectivity index (χ2n) is 4.45. The lowest BCUT2D eigenvalue weighted by Crippen LogP contribution is -2.18. The Morgan fingerprint density at radius 1 is 1.38 bits per heavy atom. The number of anilines is 2. The summed E-state index contributed by atoms with van der Waals surface area (Å²) in [4.78, 5) is 22.2. The van der Waals surface area contributed by atoms with Crippen LogP contribution in [-0.4, -0.2) is 37.1 Å². The van der Waals surface area contributed by atoms with Crippen LogP contribution in [0.5, 0.6) is 6.01 Å². The van der Waals surface area contributed by atoms with Gasteiger partial charge >= 0.3 is 6.01 Å². The van der Waals surface area contributed by atoms with E-state index in [0.717, 1.165) is 0 Å². The van der Waals surface area contributed by atoms with Gasteiger partial charge in [-0.2, -0.15) is 4.98 Å². The number of aromatic nitrogens is 2. The fraction of sp³-hybridized carbons (Fsp3) is 0.214. The van der Waals surface area contributed by atoms with Gasteiger partial charge in [0.15, 0.2) is 5.82 Å². The third kappa shape index (κ3) is 3.61. The van der Waals surface area contributed by atoms with Crippen molar-refractivity contribution in [2.75, 3.05) is 31.4 Å². The van der Waals surface area contributed by atoms with Crippen LogP contribution in [0.3, 0.4) is 0 Å². The highest BCUT2D eigenvalue weighted by Crippen LogP contribution is 2.23. The molecule has 6 nitrogen and oxygen atoms in total. The zero-order valence-corrected chi connectivity index (χ0v) is 12.7. The Morgan fingerprint density at radius 2 is 2.14 bits per heavy atom. The van der Waals surface area contributed by atoms with E-state index in [-0.39, 0.29) is 11.9 Å². The first-order valence-electron chi connectivity index (χ1n) is 6.16. The first kappa shape index (κ1) is 15.1. The zero-order chi connectivity index (χ0) is 15.4. The summed E-state index contributed by atoms with van der Waals surface area (Å²) in [5.74, 6) is 0.270. The summed E-state index contributed by atoms with van der Waals surface area (Å²) in [5, 5.41) is 3.27. The van der Waals surface area contributed by atoms with Crippen LogP contribution in [0.1, 0.15) is 10.4 Å². The summed E-state index contributed by atoms with van der Waals surface area (Å²) in [6.45, 7) is 0. The lowest BCUT2D eigenvalue weighted by Gasteiger charge is -2.16. The lowest BCUT2D eigenvalue weighted by molar-refractivity contribution is 0.102. The number of carbonyl (C=O) groups is 1. The molecular formula is C14H15ClN4O2. The maximum atomic E-state index is 12.2. The molecule has 0 spiro atoms. The van der Waals surface area contributed by atoms with E-state index in [0.29, 0.717) is 22.1 Å². The van der Waals surface area contributed by atoms with Crippen LogP contribution in [-0.2, 0) is 0 Å². The SMILES string of the molecule is COc1ncc(NC(=O)c2cccc(Cl)c2)c(N(C)C)n1. The van der Waals surface area contributed by atoms with Crippen LogP contribution in [0.4, 0.5) is 11.5 Å². The second kappa shape index (κ2) is 6.41. The molecule has 1 aromatic heterocycles. The van der Waals surface area contributed by atoms with E-state index < -0.39 is 0 Å². The summed E-state index contributed by atoms with van der Waals surface area (Å²) in [6, 6.07) is 6.94. The van der Waals surface area contributed by atoms with Crippen LogP contribution in [0.25, 0.3) is 0 Å². The molecule has 0 aliphatic heterocycles. The van der Waals surface area contributed by atoms with Crippen LogP contribution >= 0.6 is 11.6 Å². The predicted octanol–water partition coefficient (Wildman–Crippen LogP) is 2.46. The molecule has 1 heterocycles. The Morgan fingerprint density at radius 3 is 2.76 bits per heavy atom. The Hall–Kier alpha value is -2.34. The molecule has 0 aliphatic carbocycles. The van der Waals surface area contributed by atoms with Crippen molar-refractivity contribution in [1.29, 1.82) is 0 Å². The van der Waals surface area contributed by atoms with E-state index in [2.05, 4.69) is 15.3 Å². The molecule has 0 radical (unpaired) electrons. The van der Waals surface area contributed by atoms with Gasteiger partial charge in [-0.15, -0.1) is 0 Å². The number of hydrogen-bond acceptors (Lipinski definition) is 5. The van der Waals surface area contributed by atoms with Crippen molar-refractivity contribution in [2.45, 2.75) is 0 Å². The molecule has 1 aromatic carbocycles. The molecule has 0 saturated carbocycles. The minimum atomic E-state index is -0.283. The summed E-state index contributed by atoms with van der Waals surface area (Å²) in [7, 11) is 5.12. The number of rotatable bonds is 4. The summed E-state index contributed by atoms with van der Waals surface area (Å²) >= 11 is 5.88. The minimum absolute atomic E-state index is 0.236. The zero-order valence-electron chi connectivity index (χ0n) is 11.9. The van der Waals surface area contributed by atoms with E-state index >= 15 is 0 Å². The first-order chi connectivity index (χ1) is 10.0. The second-order valence-corrected chi connectivity index (χ2v) is 4.89. The highest BCUT2D eigenvalue weighted by atomic mass is 35.5. The molecule has 0 bridgehead atoms. The number of hydrogen-bond donors (Lipinski definition) is 1. The fourth-order valence-electron chi connectivity index (χ4n) is 1.71. The Labute approximate surface area is 127 Å². The highest BCUT2D eigenvalue weighted by molar-refractivity contribution is 6.31. The van der Waals surface area contributed by atoms with Gasteiger partial charge in [-0.1, -0.05) is 17.7 Å². The van der Waals surface area contributed by atoms with Crippen molar-refractivity contribution < 1.29 is 9.53 Å². The maximum Gasteiger partial charge on any atom is 0.318 e. The molecule has 0 fully saturated rings. The molecule has 2 rings (SSSR count). The maximum absolute atomic E-state index is 12.2. The van der Waals surface area contributed by atoms with Gasteiger partial charge in [0.25, 0.3) is 5.91 Å². The number of methoxy groups -OCH3 is 1. The third-order valence-corrected chi connectivity index (χ3v) is 2.92. The van der Waals surface area contributed by atoms with Gasteiger partial charge in [-0.25, -0.2) is 4.98 Å². The van der Waals surface area contributed by atoms with Crippen LogP contribution in [0, 0.1) is 0 Å². The average Bonchev–Trinajstić information content (AvgIpc) is 2.47. The largest absolute Gasteiger partial charge is 0.467 e. The Balaban J connectivity index is 2.28. The lowest BCUT2D eigenvalue weighted by atomic mass is 10.2. The summed E-state index contributed by atoms with van der Waals surface area (Å²) in [6.07, 6.45) is 1.50. The number of benzene rings is 1. The molecular weight excluding hydrogens is 292 g/mol. The normalized spacial score (nSPS) is 10.1. The Bertz CT molecular complexity index is 661. The van der Waals surface area contributed by atoms with Gasteiger partial charge in [0.05, 0.1) is 13.3 Å². The first-order valence-corrected chi connectivity index (χ1v) is 6.54. The fourth-order valence-corrected chi connectivity index (χ4v) is 1.90. The van der Waals surface area contributed by atoms with E-state index in [4.69, 9.17) is 16.3 Å². The van der Waals surface area contributed by atoms with Gasteiger partial charge in [-0.3, -0.25) is 4.79 Å². The van der Waals surface area contributed by atoms with Gasteiger partial charge in [0, 0.05) is 24.7 Å². The molecule has 2 aromatic rings. The molecule has 0 aliphatic rings. The number of nitrogens with one attached hydrogen (secondary N) is 1. The molecule has 0 atom stereocenters. The molecule has 1 amide bonds. The number of ether oxygens (including phenoxy) is 1. The molecule has 0 unspecified atom stereocenters. The Kier molecular flexibility index (Phi) is 4.59. The topological polar surface area (TPSA) is 67.3 Å². The average molecular weight is 307 g/mol. The van der Waals surface area contributed by atoms with Crippen molar-refractivity contribution in [2.24, 2.45) is 0 Å². The van der Waals surface area contributed by atoms with Gasteiger partial charge in [0.2, 0.25) is 0 Å². The molecule has 0 saturated heterocycles. The minimum Gasteiger partial charge on any atom is -0.467 e. The number of halogens is 1. The van der Waals surface area contributed by atoms with E-state index in [1.807, 2.05) is 14.1 Å². The van der Waals surface area contributed by atoms with Crippen molar-refractivity contribution in [3.8, 4) is 6.01 Å². The van der Waals surface area contributed by atoms with E-state index in [1.54, 1.807) is 29.2 Å². The quantitative estimate of drug-likeness (QED) is 0.940. The van der Waals surface area contributed by atoms with Gasteiger partial charge in [0.1, 0.15) is 5.69 Å². The van der Waals surface area contributed by atoms with Crippen LogP contribution in [0.2, 0.25) is 5.02 Å². The number of carbonyl (C=O) groups excluding carboxylic acids is 1. The summed E-state index contributed by atoms with van der Waals surface area (Å²) < 4.78 is 4.99. The monoisotopic (exact) mass is 306 g/mol. The van der Waals surface area contributed by atoms with Crippen molar-refractivity contribution >= 4 is 29.0 Å². The standard InChI is InChI=1S/C14H15ClN4O2/c1-19(2)12-11(8-16-14(18-12)21-3)17-13(20)9-5-4-6-10(15)7-9/h4-8H,1-3H3,(H,17,20). The van der Waals surface area contributed by atoms with Crippen molar-refractivity contribution in [3.63, 3.8) is 0 Å². The highest BCUT2D eigenvalue weighted by Gasteiger charge is 2.13. The predicted molar refractivity (Wildman–Crippen MR) is 82.3 cm³/mol. The van der Waals surface area contributed by atoms with E-state index in [1.165, 1.54) is 13.3 Å². The molecule has 7 heteroatoms. The van der Waals surface area contributed by atoms with Crippen LogP contribution in [0.15, 0.2) is 30.5 Å². The number of amides is 1. The van der Waals surface area contributed by atoms with Crippen molar-refractivity contribution in [3.05, 3.63) is 41.0 Å². The number of nitrogens with zero attached hydrogens (tertiary/aromatic N) is 3. The molecule has 110 valence electrons. The van der Waals surface area contributed by atoms with Crippen molar-refractivity contribution in [1.82, 2.24) is 9.97 Å². The third-order valence-electron chi connectivity index (χ3n) is 2.69. The summed E-state index contributed by atoms with van der Waals surface area (Å²) in [5.41, 5.74) is 0.953. The smallest absolute Gasteiger partial charge is 0.318 e. The van der Waals surface area contributed by atoms with Gasteiger partial charge in [-0.05, 0) is 18.2 Å².